The molecule has 0 spiro atoms. The molecule has 0 aliphatic carbocycles. The van der Waals surface area contributed by atoms with Gasteiger partial charge >= 0.3 is 7.82 Å². The van der Waals surface area contributed by atoms with Crippen LogP contribution in [0.5, 0.6) is 0 Å². The minimum Gasteiger partial charge on any atom is -0.387 e. The van der Waals surface area contributed by atoms with Crippen LogP contribution in [-0.4, -0.2) is 77.5 Å². The first-order chi connectivity index (χ1) is 15.3. The molecular weight excluding hydrogens is 447 g/mol. The molecule has 1 saturated heterocycles. The highest BCUT2D eigenvalue weighted by atomic mass is 31.2. The second-order valence-electron chi connectivity index (χ2n) is 7.17. The van der Waals surface area contributed by atoms with E-state index in [2.05, 4.69) is 34.8 Å². The number of phosphoric ester groups is 1. The maximum Gasteiger partial charge on any atom is 0.469 e. The topological polar surface area (TPSA) is 221 Å². The molecule has 16 heteroatoms. The van der Waals surface area contributed by atoms with Gasteiger partial charge in [-0.25, -0.2) is 19.5 Å². The SMILES string of the molecule is [N-]=[N+]=NCCCCCCNc1ncnc2c1ncn2[C@@H]1O[C@H](COP(=O)(O)O)[C@@H](O)[C@H]1O. The average Bonchev–Trinajstić information content (AvgIpc) is 3.30. The number of aliphatic hydroxyl groups excluding tert-OH is 2. The maximum absolute atomic E-state index is 10.9. The van der Waals surface area contributed by atoms with E-state index in [1.54, 1.807) is 0 Å². The van der Waals surface area contributed by atoms with Crippen molar-refractivity contribution in [2.45, 2.75) is 50.2 Å². The number of hydrogen-bond acceptors (Lipinski definition) is 10. The molecular formula is C16H25N8O7P. The molecule has 1 aliphatic heterocycles. The van der Waals surface area contributed by atoms with Crippen molar-refractivity contribution in [1.29, 1.82) is 0 Å². The fourth-order valence-electron chi connectivity index (χ4n) is 3.35. The number of anilines is 1. The van der Waals surface area contributed by atoms with E-state index in [0.717, 1.165) is 25.7 Å². The van der Waals surface area contributed by atoms with Crippen molar-refractivity contribution in [3.63, 3.8) is 0 Å². The van der Waals surface area contributed by atoms with Crippen molar-refractivity contribution in [1.82, 2.24) is 19.5 Å². The van der Waals surface area contributed by atoms with Gasteiger partial charge in [-0.15, -0.1) is 0 Å². The Morgan fingerprint density at radius 3 is 2.75 bits per heavy atom. The van der Waals surface area contributed by atoms with Crippen LogP contribution in [0.1, 0.15) is 31.9 Å². The minimum atomic E-state index is -4.75. The summed E-state index contributed by atoms with van der Waals surface area (Å²) in [6, 6.07) is 0. The summed E-state index contributed by atoms with van der Waals surface area (Å²) in [4.78, 5) is 33.1. The predicted molar refractivity (Wildman–Crippen MR) is 110 cm³/mol. The van der Waals surface area contributed by atoms with Gasteiger partial charge in [0.25, 0.3) is 0 Å². The van der Waals surface area contributed by atoms with E-state index in [9.17, 15) is 14.8 Å². The molecule has 32 heavy (non-hydrogen) atoms. The van der Waals surface area contributed by atoms with E-state index in [4.69, 9.17) is 20.1 Å². The van der Waals surface area contributed by atoms with E-state index < -0.39 is 39.0 Å². The number of azide groups is 1. The lowest BCUT2D eigenvalue weighted by Gasteiger charge is -2.16. The van der Waals surface area contributed by atoms with Crippen LogP contribution in [0.3, 0.4) is 0 Å². The van der Waals surface area contributed by atoms with Gasteiger partial charge in [-0.05, 0) is 18.4 Å². The third-order valence-corrected chi connectivity index (χ3v) is 5.40. The molecule has 0 amide bonds. The highest BCUT2D eigenvalue weighted by Gasteiger charge is 2.45. The summed E-state index contributed by atoms with van der Waals surface area (Å²) in [7, 11) is -4.75. The Bertz CT molecular complexity index is 994. The summed E-state index contributed by atoms with van der Waals surface area (Å²) in [6.45, 7) is 0.532. The molecule has 1 aliphatic rings. The van der Waals surface area contributed by atoms with Gasteiger partial charge in [0.15, 0.2) is 23.2 Å². The Kier molecular flexibility index (Phi) is 8.34. The Morgan fingerprint density at radius 2 is 2.00 bits per heavy atom. The normalized spacial score (nSPS) is 23.4. The van der Waals surface area contributed by atoms with Crippen LogP contribution >= 0.6 is 7.82 Å². The first kappa shape index (κ1) is 24.3. The monoisotopic (exact) mass is 472 g/mol. The third-order valence-electron chi connectivity index (χ3n) is 4.92. The Balaban J connectivity index is 1.62. The standard InChI is InChI=1S/C16H25N8O7P/c17-23-22-6-4-2-1-3-5-18-14-11-15(20-8-19-14)24(9-21-11)16-13(26)12(25)10(31-16)7-30-32(27,28)29/h8-10,12-13,16,25-26H,1-7H2,(H,18,19,20)(H2,27,28,29)/t10-,12-,13-,16-/m1/s1. The Labute approximate surface area is 182 Å². The van der Waals surface area contributed by atoms with Gasteiger partial charge in [-0.1, -0.05) is 18.0 Å². The van der Waals surface area contributed by atoms with E-state index >= 15 is 0 Å². The summed E-state index contributed by atoms with van der Waals surface area (Å²) in [6.07, 6.45) is 1.26. The summed E-state index contributed by atoms with van der Waals surface area (Å²) in [5.41, 5.74) is 9.04. The zero-order valence-electron chi connectivity index (χ0n) is 17.0. The quantitative estimate of drug-likeness (QED) is 0.0957. The van der Waals surface area contributed by atoms with Crippen LogP contribution in [0.4, 0.5) is 5.82 Å². The van der Waals surface area contributed by atoms with Crippen LogP contribution in [0, 0.1) is 0 Å². The summed E-state index contributed by atoms with van der Waals surface area (Å²) in [5, 5.41) is 27.2. The Hall–Kier alpha value is -2.35. The van der Waals surface area contributed by atoms with Gasteiger partial charge in [0.1, 0.15) is 24.6 Å². The number of ether oxygens (including phenoxy) is 1. The molecule has 0 unspecified atom stereocenters. The molecule has 0 aromatic carbocycles. The van der Waals surface area contributed by atoms with Crippen LogP contribution < -0.4 is 5.32 Å². The van der Waals surface area contributed by atoms with Gasteiger partial charge in [0.2, 0.25) is 0 Å². The molecule has 2 aromatic heterocycles. The van der Waals surface area contributed by atoms with Gasteiger partial charge in [-0.3, -0.25) is 9.09 Å². The lowest BCUT2D eigenvalue weighted by atomic mass is 10.1. The van der Waals surface area contributed by atoms with Crippen LogP contribution in [0.25, 0.3) is 21.6 Å². The second kappa shape index (κ2) is 11.0. The predicted octanol–water partition coefficient (Wildman–Crippen LogP) is 0.837. The van der Waals surface area contributed by atoms with Crippen molar-refractivity contribution in [2.75, 3.05) is 25.0 Å². The van der Waals surface area contributed by atoms with Gasteiger partial charge in [0, 0.05) is 18.0 Å². The average molecular weight is 472 g/mol. The largest absolute Gasteiger partial charge is 0.469 e. The van der Waals surface area contributed by atoms with Crippen molar-refractivity contribution in [3.8, 4) is 0 Å². The number of aromatic nitrogens is 4. The number of phosphoric acid groups is 1. The number of unbranched alkanes of at least 4 members (excludes halogenated alkanes) is 3. The molecule has 3 rings (SSSR count). The first-order valence-electron chi connectivity index (χ1n) is 9.96. The smallest absolute Gasteiger partial charge is 0.387 e. The molecule has 1 fully saturated rings. The fourth-order valence-corrected chi connectivity index (χ4v) is 3.69. The van der Waals surface area contributed by atoms with Crippen molar-refractivity contribution >= 4 is 24.8 Å². The van der Waals surface area contributed by atoms with Gasteiger partial charge in [-0.2, -0.15) is 0 Å². The minimum absolute atomic E-state index is 0.352. The third kappa shape index (κ3) is 6.12. The highest BCUT2D eigenvalue weighted by molar-refractivity contribution is 7.46. The van der Waals surface area contributed by atoms with E-state index in [0.29, 0.717) is 30.1 Å². The zero-order valence-corrected chi connectivity index (χ0v) is 17.9. The molecule has 2 aromatic rings. The van der Waals surface area contributed by atoms with E-state index in [1.807, 2.05) is 0 Å². The molecule has 3 heterocycles. The van der Waals surface area contributed by atoms with Crippen LogP contribution in [0.2, 0.25) is 0 Å². The first-order valence-corrected chi connectivity index (χ1v) is 11.5. The van der Waals surface area contributed by atoms with Crippen LogP contribution in [0.15, 0.2) is 17.8 Å². The molecule has 15 nitrogen and oxygen atoms in total. The zero-order chi connectivity index (χ0) is 23.1. The number of nitrogens with one attached hydrogen (secondary N) is 1. The molecule has 0 bridgehead atoms. The fraction of sp³-hybridized carbons (Fsp3) is 0.688. The molecule has 176 valence electrons. The molecule has 4 atom stereocenters. The summed E-state index contributed by atoms with van der Waals surface area (Å²) in [5.74, 6) is 0.497. The van der Waals surface area contributed by atoms with Gasteiger partial charge < -0.3 is 30.1 Å². The number of rotatable bonds is 12. The summed E-state index contributed by atoms with van der Waals surface area (Å²) >= 11 is 0. The molecule has 0 saturated carbocycles. The number of nitrogens with zero attached hydrogens (tertiary/aromatic N) is 7. The number of imidazole rings is 1. The van der Waals surface area contributed by atoms with Crippen molar-refractivity contribution in [2.24, 2.45) is 5.11 Å². The van der Waals surface area contributed by atoms with E-state index in [1.165, 1.54) is 17.2 Å². The Morgan fingerprint density at radius 1 is 1.22 bits per heavy atom. The lowest BCUT2D eigenvalue weighted by molar-refractivity contribution is -0.0504. The van der Waals surface area contributed by atoms with Crippen molar-refractivity contribution < 1.29 is 33.8 Å². The molecule has 0 radical (unpaired) electrons. The number of hydrogen-bond donors (Lipinski definition) is 5. The lowest BCUT2D eigenvalue weighted by Crippen LogP contribution is -2.33. The maximum atomic E-state index is 10.9. The number of aliphatic hydroxyl groups is 2. The molecule has 5 N–H and O–H groups in total. The van der Waals surface area contributed by atoms with E-state index in [-0.39, 0.29) is 0 Å². The second-order valence-corrected chi connectivity index (χ2v) is 8.41. The number of fused-ring (bicyclic) bond motifs is 1. The van der Waals surface area contributed by atoms with Crippen LogP contribution in [-0.2, 0) is 13.8 Å². The summed E-state index contributed by atoms with van der Waals surface area (Å²) < 4.78 is 22.3. The van der Waals surface area contributed by atoms with Crippen molar-refractivity contribution in [3.05, 3.63) is 23.1 Å². The van der Waals surface area contributed by atoms with Gasteiger partial charge in [0.05, 0.1) is 12.9 Å². The highest BCUT2D eigenvalue weighted by Crippen LogP contribution is 2.38.